The van der Waals surface area contributed by atoms with Crippen molar-refractivity contribution in [2.75, 3.05) is 71.5 Å². The predicted octanol–water partition coefficient (Wildman–Crippen LogP) is 5.52. The van der Waals surface area contributed by atoms with Gasteiger partial charge in [-0.25, -0.2) is 13.1 Å². The molecule has 2 aromatic carbocycles. The number of hydrogen-bond donors (Lipinski definition) is 1. The molecule has 2 aromatic rings. The number of sulfonamides is 1. The zero-order chi connectivity index (χ0) is 35.3. The molecule has 1 spiro atoms. The third-order valence-corrected chi connectivity index (χ3v) is 14.8. The van der Waals surface area contributed by atoms with Crippen LogP contribution in [0.2, 0.25) is 5.02 Å². The van der Waals surface area contributed by atoms with Crippen LogP contribution in [0.25, 0.3) is 0 Å². The lowest BCUT2D eigenvalue weighted by Gasteiger charge is -2.52. The summed E-state index contributed by atoms with van der Waals surface area (Å²) in [5.41, 5.74) is 2.95. The number of hydrogen-bond acceptors (Lipinski definition) is 8. The number of nitrogens with zero attached hydrogens (tertiary/aromatic N) is 3. The molecule has 3 heterocycles. The minimum absolute atomic E-state index is 0.208. The second-order valence-corrected chi connectivity index (χ2v) is 18.2. The van der Waals surface area contributed by atoms with E-state index in [0.29, 0.717) is 24.5 Å². The molecule has 11 heteroatoms. The Balaban J connectivity index is 1.31. The van der Waals surface area contributed by atoms with Crippen molar-refractivity contribution in [3.63, 3.8) is 0 Å². The molecule has 6 atom stereocenters. The van der Waals surface area contributed by atoms with Crippen LogP contribution in [0.15, 0.2) is 48.6 Å². The summed E-state index contributed by atoms with van der Waals surface area (Å²) in [5, 5.41) is -0.0185. The number of rotatable bonds is 3. The van der Waals surface area contributed by atoms with Crippen LogP contribution in [0.4, 0.5) is 5.69 Å². The number of likely N-dealkylation sites (N-methyl/N-ethyl adjacent to an activating group) is 1. The van der Waals surface area contributed by atoms with Crippen LogP contribution in [-0.4, -0.2) is 102 Å². The van der Waals surface area contributed by atoms with Gasteiger partial charge in [-0.3, -0.25) is 9.69 Å². The van der Waals surface area contributed by atoms with Crippen LogP contribution in [0.3, 0.4) is 0 Å². The number of nitrogens with one attached hydrogen (secondary N) is 1. The number of amides is 1. The van der Waals surface area contributed by atoms with E-state index in [1.807, 2.05) is 32.2 Å². The quantitative estimate of drug-likeness (QED) is 0.415. The van der Waals surface area contributed by atoms with Gasteiger partial charge in [-0.05, 0) is 112 Å². The van der Waals surface area contributed by atoms with Crippen molar-refractivity contribution in [3.05, 3.63) is 70.3 Å². The summed E-state index contributed by atoms with van der Waals surface area (Å²) in [7, 11) is 0.0846. The molecule has 1 N–H and O–H groups in total. The van der Waals surface area contributed by atoms with Crippen LogP contribution in [-0.2, 0) is 26.6 Å². The van der Waals surface area contributed by atoms with Crippen LogP contribution in [0.5, 0.6) is 5.75 Å². The number of fused-ring (bicyclic) bond motifs is 4. The van der Waals surface area contributed by atoms with E-state index in [1.165, 1.54) is 11.1 Å². The molecule has 0 unspecified atom stereocenters. The van der Waals surface area contributed by atoms with Crippen LogP contribution in [0, 0.1) is 17.8 Å². The first-order chi connectivity index (χ1) is 23.9. The van der Waals surface area contributed by atoms with Crippen LogP contribution >= 0.6 is 11.6 Å². The highest BCUT2D eigenvalue weighted by atomic mass is 35.5. The molecule has 0 aromatic heterocycles. The normalized spacial score (nSPS) is 34.0. The fraction of sp³-hybridized carbons (Fsp3) is 0.615. The highest BCUT2D eigenvalue weighted by Gasteiger charge is 2.50. The Morgan fingerprint density at radius 2 is 1.88 bits per heavy atom. The topological polar surface area (TPSA) is 91.4 Å². The Morgan fingerprint density at radius 3 is 2.62 bits per heavy atom. The van der Waals surface area contributed by atoms with E-state index < -0.39 is 26.8 Å². The van der Waals surface area contributed by atoms with Crippen molar-refractivity contribution in [1.29, 1.82) is 0 Å². The maximum atomic E-state index is 13.6. The van der Waals surface area contributed by atoms with E-state index in [-0.39, 0.29) is 17.3 Å². The molecule has 50 heavy (non-hydrogen) atoms. The molecule has 1 saturated carbocycles. The monoisotopic (exact) mass is 724 g/mol. The highest BCUT2D eigenvalue weighted by molar-refractivity contribution is 7.90. The van der Waals surface area contributed by atoms with Gasteiger partial charge in [-0.1, -0.05) is 36.7 Å². The zero-order valence-electron chi connectivity index (χ0n) is 30.0. The third-order valence-electron chi connectivity index (χ3n) is 12.7. The van der Waals surface area contributed by atoms with Crippen molar-refractivity contribution in [3.8, 4) is 5.75 Å². The molecule has 9 nitrogen and oxygen atoms in total. The Bertz CT molecular complexity index is 1730. The van der Waals surface area contributed by atoms with Gasteiger partial charge in [-0.2, -0.15) is 0 Å². The summed E-state index contributed by atoms with van der Waals surface area (Å²) in [6, 6.07) is 11.6. The first kappa shape index (κ1) is 35.8. The van der Waals surface area contributed by atoms with E-state index in [2.05, 4.69) is 50.8 Å². The number of piperazine rings is 1. The van der Waals surface area contributed by atoms with Gasteiger partial charge in [-0.15, -0.1) is 0 Å². The fourth-order valence-electron chi connectivity index (χ4n) is 9.16. The number of carbonyl (C=O) groups is 1. The molecule has 2 bridgehead atoms. The zero-order valence-corrected chi connectivity index (χ0v) is 31.6. The number of benzene rings is 2. The minimum Gasteiger partial charge on any atom is -0.490 e. The molecule has 1 amide bonds. The Labute approximate surface area is 303 Å². The number of carbonyl (C=O) groups excluding carboxylic acids is 1. The number of methoxy groups -OCH3 is 1. The molecule has 272 valence electrons. The van der Waals surface area contributed by atoms with Gasteiger partial charge in [0, 0.05) is 68.9 Å². The van der Waals surface area contributed by atoms with Gasteiger partial charge in [0.1, 0.15) is 11.4 Å². The summed E-state index contributed by atoms with van der Waals surface area (Å²) in [4.78, 5) is 20.9. The van der Waals surface area contributed by atoms with Crippen molar-refractivity contribution in [2.24, 2.45) is 17.8 Å². The van der Waals surface area contributed by atoms with Gasteiger partial charge in [0.05, 0.1) is 17.5 Å². The van der Waals surface area contributed by atoms with Crippen LogP contribution < -0.4 is 14.4 Å². The van der Waals surface area contributed by atoms with Crippen molar-refractivity contribution < 1.29 is 22.7 Å². The first-order valence-corrected chi connectivity index (χ1v) is 20.3. The summed E-state index contributed by atoms with van der Waals surface area (Å²) in [5.74, 6) is 0.529. The van der Waals surface area contributed by atoms with E-state index >= 15 is 0 Å². The van der Waals surface area contributed by atoms with Gasteiger partial charge in [0.15, 0.2) is 0 Å². The smallest absolute Gasteiger partial charge is 0.264 e. The fourth-order valence-corrected chi connectivity index (χ4v) is 10.6. The number of anilines is 1. The van der Waals surface area contributed by atoms with Gasteiger partial charge < -0.3 is 19.3 Å². The molecule has 0 radical (unpaired) electrons. The summed E-state index contributed by atoms with van der Waals surface area (Å²) >= 11 is 6.49. The summed E-state index contributed by atoms with van der Waals surface area (Å²) in [6.07, 6.45) is 10.1. The third kappa shape index (κ3) is 6.83. The average molecular weight is 725 g/mol. The Kier molecular flexibility index (Phi) is 10.1. The SMILES string of the molecule is CO[C@@]1(CN2CCN(C)CC2)/C=C\C[C@H](C)[C@@H](C)S(=O)(=O)NC(=O)c2ccc3c(c2)N(C[C@@H]2CC[C@H]21)C[C@@]1(CCCc2cc(Cl)ccc21)CO3. The first-order valence-electron chi connectivity index (χ1n) is 18.4. The summed E-state index contributed by atoms with van der Waals surface area (Å²) in [6.45, 7) is 10.5. The van der Waals surface area contributed by atoms with Gasteiger partial charge in [0.2, 0.25) is 10.0 Å². The number of aryl methyl sites for hydroxylation is 1. The van der Waals surface area contributed by atoms with Gasteiger partial charge >= 0.3 is 0 Å². The molecule has 7 rings (SSSR count). The van der Waals surface area contributed by atoms with Crippen molar-refractivity contribution in [2.45, 2.75) is 68.6 Å². The molecule has 2 aliphatic carbocycles. The Hall–Kier alpha value is -2.63. The van der Waals surface area contributed by atoms with E-state index in [1.54, 1.807) is 13.0 Å². The summed E-state index contributed by atoms with van der Waals surface area (Å²) < 4.78 is 42.8. The lowest BCUT2D eigenvalue weighted by Crippen LogP contribution is -2.58. The second-order valence-electron chi connectivity index (χ2n) is 15.8. The minimum atomic E-state index is -3.94. The van der Waals surface area contributed by atoms with E-state index in [4.69, 9.17) is 21.1 Å². The van der Waals surface area contributed by atoms with Gasteiger partial charge in [0.25, 0.3) is 5.91 Å². The molecule has 1 saturated heterocycles. The molecule has 2 fully saturated rings. The van der Waals surface area contributed by atoms with E-state index in [9.17, 15) is 13.2 Å². The second kappa shape index (κ2) is 14.1. The van der Waals surface area contributed by atoms with Crippen LogP contribution in [0.1, 0.15) is 67.4 Å². The maximum Gasteiger partial charge on any atom is 0.264 e. The number of halogens is 1. The highest BCUT2D eigenvalue weighted by Crippen LogP contribution is 2.49. The Morgan fingerprint density at radius 1 is 1.08 bits per heavy atom. The average Bonchev–Trinajstić information content (AvgIpc) is 3.23. The molecule has 3 aliphatic heterocycles. The van der Waals surface area contributed by atoms with Crippen molar-refractivity contribution >= 4 is 33.2 Å². The molecular formula is C39H53ClN4O5S. The van der Waals surface area contributed by atoms with E-state index in [0.717, 1.165) is 94.4 Å². The predicted molar refractivity (Wildman–Crippen MR) is 199 cm³/mol. The molecular weight excluding hydrogens is 672 g/mol. The number of allylic oxidation sites excluding steroid dienone is 1. The largest absolute Gasteiger partial charge is 0.490 e. The standard InChI is InChI=1S/C39H53ClN4O5S/c1-27-7-5-16-39(48-4,25-43-19-17-42(3)18-20-43)34-12-9-31(34)23-44-24-38(15-6-8-29-21-32(40)11-13-33(29)38)26-49-36-14-10-30(22-35(36)44)37(45)41-50(46,47)28(27)2/h5,10-11,13-14,16,21-22,27-28,31,34H,6-9,12,15,17-20,23-26H2,1-4H3,(H,41,45)/b16-5-/t27-,28+,31-,34+,38-,39+/m0/s1. The maximum absolute atomic E-state index is 13.6. The lowest BCUT2D eigenvalue weighted by molar-refractivity contribution is -0.0949. The molecule has 5 aliphatic rings. The number of ether oxygens (including phenoxy) is 2. The van der Waals surface area contributed by atoms with Crippen molar-refractivity contribution in [1.82, 2.24) is 14.5 Å². The lowest BCUT2D eigenvalue weighted by atomic mass is 9.63.